The van der Waals surface area contributed by atoms with Gasteiger partial charge in [0, 0.05) is 38.9 Å². The highest BCUT2D eigenvalue weighted by Crippen LogP contribution is 2.26. The van der Waals surface area contributed by atoms with Crippen molar-refractivity contribution in [3.63, 3.8) is 0 Å². The fourth-order valence-corrected chi connectivity index (χ4v) is 3.99. The number of guanidine groups is 1. The number of aliphatic imine (C=N–C) groups is 1. The van der Waals surface area contributed by atoms with Crippen LogP contribution >= 0.6 is 24.0 Å². The Hall–Kier alpha value is -1.61. The molecule has 6 nitrogen and oxygen atoms in total. The molecule has 1 atom stereocenters. The van der Waals surface area contributed by atoms with Crippen LogP contribution in [0.1, 0.15) is 45.0 Å². The Morgan fingerprint density at radius 2 is 1.76 bits per heavy atom. The zero-order chi connectivity index (χ0) is 20.4. The average Bonchev–Trinajstić information content (AvgIpc) is 3.14. The van der Waals surface area contributed by atoms with Gasteiger partial charge in [-0.15, -0.1) is 24.0 Å². The summed E-state index contributed by atoms with van der Waals surface area (Å²) in [7, 11) is 3.78. The van der Waals surface area contributed by atoms with Crippen LogP contribution in [0.15, 0.2) is 17.4 Å². The Kier molecular flexibility index (Phi) is 8.10. The molecule has 1 saturated heterocycles. The van der Waals surface area contributed by atoms with E-state index in [0.717, 1.165) is 31.2 Å². The van der Waals surface area contributed by atoms with Gasteiger partial charge in [-0.05, 0) is 68.0 Å². The van der Waals surface area contributed by atoms with E-state index in [4.69, 9.17) is 4.74 Å². The van der Waals surface area contributed by atoms with Crippen LogP contribution < -0.4 is 5.32 Å². The molecule has 1 aliphatic rings. The van der Waals surface area contributed by atoms with Gasteiger partial charge in [-0.1, -0.05) is 0 Å². The number of benzene rings is 1. The number of ether oxygens (including phenoxy) is 1. The van der Waals surface area contributed by atoms with Crippen LogP contribution in [0.5, 0.6) is 0 Å². The molecule has 29 heavy (non-hydrogen) atoms. The van der Waals surface area contributed by atoms with Crippen LogP contribution in [0.3, 0.4) is 0 Å². The Morgan fingerprint density at radius 3 is 2.31 bits per heavy atom. The van der Waals surface area contributed by atoms with Crippen molar-refractivity contribution >= 4 is 29.9 Å². The van der Waals surface area contributed by atoms with E-state index < -0.39 is 0 Å². The third-order valence-corrected chi connectivity index (χ3v) is 6.25. The summed E-state index contributed by atoms with van der Waals surface area (Å²) >= 11 is 0. The molecule has 0 saturated carbocycles. The highest BCUT2D eigenvalue weighted by molar-refractivity contribution is 14.0. The van der Waals surface area contributed by atoms with E-state index in [-0.39, 0.29) is 30.1 Å². The fraction of sp³-hybridized carbons (Fsp3) is 0.545. The predicted molar refractivity (Wildman–Crippen MR) is 129 cm³/mol. The average molecular weight is 511 g/mol. The van der Waals surface area contributed by atoms with Crippen molar-refractivity contribution in [2.45, 2.75) is 47.3 Å². The first-order valence-corrected chi connectivity index (χ1v) is 9.95. The van der Waals surface area contributed by atoms with Gasteiger partial charge >= 0.3 is 0 Å². The lowest BCUT2D eigenvalue weighted by Gasteiger charge is -2.35. The van der Waals surface area contributed by atoms with Gasteiger partial charge < -0.3 is 15.0 Å². The first kappa shape index (κ1) is 23.7. The van der Waals surface area contributed by atoms with E-state index in [1.807, 2.05) is 31.2 Å². The number of aryl methyl sites for hydroxylation is 1. The van der Waals surface area contributed by atoms with Gasteiger partial charge in [0.1, 0.15) is 6.10 Å². The summed E-state index contributed by atoms with van der Waals surface area (Å²) < 4.78 is 7.79. The van der Waals surface area contributed by atoms with Crippen LogP contribution in [0.25, 0.3) is 0 Å². The van der Waals surface area contributed by atoms with E-state index in [1.54, 1.807) is 0 Å². The minimum absolute atomic E-state index is 0. The number of morpholine rings is 1. The largest absolute Gasteiger partial charge is 0.370 e. The van der Waals surface area contributed by atoms with E-state index in [1.165, 1.54) is 33.4 Å². The van der Waals surface area contributed by atoms with Crippen molar-refractivity contribution in [1.82, 2.24) is 20.0 Å². The molecular weight excluding hydrogens is 477 g/mol. The molecule has 1 unspecified atom stereocenters. The van der Waals surface area contributed by atoms with Crippen molar-refractivity contribution in [3.05, 3.63) is 51.3 Å². The molecular formula is C22H34IN5O. The molecule has 0 amide bonds. The first-order valence-electron chi connectivity index (χ1n) is 9.95. The van der Waals surface area contributed by atoms with Gasteiger partial charge in [0.05, 0.1) is 19.3 Å². The number of rotatable bonds is 3. The number of hydrogen-bond acceptors (Lipinski definition) is 3. The SMILES string of the molecule is CN=C(NCc1c(C)c(C)c(C)c(C)c1C)N1CCOC(c2cnn(C)c2)C1.I. The zero-order valence-electron chi connectivity index (χ0n) is 18.7. The molecule has 1 aliphatic heterocycles. The molecule has 0 bridgehead atoms. The zero-order valence-corrected chi connectivity index (χ0v) is 21.0. The van der Waals surface area contributed by atoms with Gasteiger partial charge in [0.2, 0.25) is 0 Å². The number of aromatic nitrogens is 2. The Balaban J connectivity index is 0.00000300. The van der Waals surface area contributed by atoms with Gasteiger partial charge in [-0.2, -0.15) is 5.10 Å². The second-order valence-corrected chi connectivity index (χ2v) is 7.76. The lowest BCUT2D eigenvalue weighted by Crippen LogP contribution is -2.48. The van der Waals surface area contributed by atoms with Crippen molar-refractivity contribution in [2.75, 3.05) is 26.7 Å². The smallest absolute Gasteiger partial charge is 0.194 e. The van der Waals surface area contributed by atoms with Gasteiger partial charge in [-0.3, -0.25) is 9.67 Å². The highest BCUT2D eigenvalue weighted by Gasteiger charge is 2.25. The summed E-state index contributed by atoms with van der Waals surface area (Å²) in [5.41, 5.74) is 9.40. The van der Waals surface area contributed by atoms with Gasteiger partial charge in [0.25, 0.3) is 0 Å². The summed E-state index contributed by atoms with van der Waals surface area (Å²) in [5, 5.41) is 7.86. The Bertz CT molecular complexity index is 861. The molecule has 0 radical (unpaired) electrons. The molecule has 1 aromatic carbocycles. The lowest BCUT2D eigenvalue weighted by atomic mass is 9.89. The molecule has 3 rings (SSSR count). The van der Waals surface area contributed by atoms with Crippen LogP contribution in [0, 0.1) is 34.6 Å². The van der Waals surface area contributed by atoms with Crippen LogP contribution in [-0.2, 0) is 18.3 Å². The molecule has 0 spiro atoms. The molecule has 2 heterocycles. The molecule has 1 N–H and O–H groups in total. The normalized spacial score (nSPS) is 17.3. The maximum Gasteiger partial charge on any atom is 0.194 e. The molecule has 1 aromatic heterocycles. The summed E-state index contributed by atoms with van der Waals surface area (Å²) in [6.07, 6.45) is 3.93. The lowest BCUT2D eigenvalue weighted by molar-refractivity contribution is -0.00805. The van der Waals surface area contributed by atoms with E-state index in [9.17, 15) is 0 Å². The molecule has 2 aromatic rings. The van der Waals surface area contributed by atoms with Crippen LogP contribution in [0.2, 0.25) is 0 Å². The van der Waals surface area contributed by atoms with Gasteiger partial charge in [0.15, 0.2) is 5.96 Å². The van der Waals surface area contributed by atoms with E-state index in [2.05, 4.69) is 54.9 Å². The monoisotopic (exact) mass is 511 g/mol. The first-order chi connectivity index (χ1) is 13.3. The minimum atomic E-state index is 0. The molecule has 160 valence electrons. The van der Waals surface area contributed by atoms with Crippen LogP contribution in [0.4, 0.5) is 0 Å². The third-order valence-electron chi connectivity index (χ3n) is 6.25. The summed E-state index contributed by atoms with van der Waals surface area (Å²) in [5.74, 6) is 0.923. The molecule has 7 heteroatoms. The molecule has 1 fully saturated rings. The van der Waals surface area contributed by atoms with Crippen molar-refractivity contribution in [1.29, 1.82) is 0 Å². The summed E-state index contributed by atoms with van der Waals surface area (Å²) in [6.45, 7) is 14.2. The van der Waals surface area contributed by atoms with E-state index >= 15 is 0 Å². The minimum Gasteiger partial charge on any atom is -0.370 e. The van der Waals surface area contributed by atoms with Crippen molar-refractivity contribution in [3.8, 4) is 0 Å². The second-order valence-electron chi connectivity index (χ2n) is 7.76. The van der Waals surface area contributed by atoms with Gasteiger partial charge in [-0.25, -0.2) is 0 Å². The second kappa shape index (κ2) is 9.93. The number of hydrogen-bond donors (Lipinski definition) is 1. The summed E-state index contributed by atoms with van der Waals surface area (Å²) in [6, 6.07) is 0. The number of halogens is 1. The quantitative estimate of drug-likeness (QED) is 0.388. The standard InChI is InChI=1S/C22H33N5O.HI/c1-14-15(2)17(4)20(18(5)16(14)3)11-24-22(23-6)27-8-9-28-21(13-27)19-10-25-26(7)12-19;/h10,12,21H,8-9,11,13H2,1-7H3,(H,23,24);1H. The number of nitrogens with zero attached hydrogens (tertiary/aromatic N) is 4. The Labute approximate surface area is 191 Å². The van der Waals surface area contributed by atoms with Crippen LogP contribution in [-0.4, -0.2) is 47.4 Å². The Morgan fingerprint density at radius 1 is 1.14 bits per heavy atom. The molecule has 0 aliphatic carbocycles. The third kappa shape index (κ3) is 4.94. The fourth-order valence-electron chi connectivity index (χ4n) is 3.99. The maximum absolute atomic E-state index is 5.97. The maximum atomic E-state index is 5.97. The summed E-state index contributed by atoms with van der Waals surface area (Å²) in [4.78, 5) is 6.81. The predicted octanol–water partition coefficient (Wildman–Crippen LogP) is 3.73. The van der Waals surface area contributed by atoms with E-state index in [0.29, 0.717) is 6.61 Å². The highest BCUT2D eigenvalue weighted by atomic mass is 127. The number of nitrogens with one attached hydrogen (secondary N) is 1. The van der Waals surface area contributed by atoms with Crippen molar-refractivity contribution in [2.24, 2.45) is 12.0 Å². The topological polar surface area (TPSA) is 54.7 Å². The van der Waals surface area contributed by atoms with Crippen molar-refractivity contribution < 1.29 is 4.74 Å².